The van der Waals surface area contributed by atoms with E-state index < -0.39 is 5.41 Å². The van der Waals surface area contributed by atoms with Crippen LogP contribution >= 0.6 is 0 Å². The minimum Gasteiger partial charge on any atom is -0.497 e. The molecule has 142 valence electrons. The lowest BCUT2D eigenvalue weighted by Gasteiger charge is -2.17. The normalized spacial score (nSPS) is 11.6. The Bertz CT molecular complexity index is 802. The lowest BCUT2D eigenvalue weighted by atomic mass is 9.88. The second kappa shape index (κ2) is 7.89. The highest BCUT2D eigenvalue weighted by atomic mass is 16.5. The number of nitrogens with zero attached hydrogens (tertiary/aromatic N) is 3. The molecule has 0 unspecified atom stereocenters. The lowest BCUT2D eigenvalue weighted by molar-refractivity contribution is -0.130. The van der Waals surface area contributed by atoms with E-state index in [0.29, 0.717) is 18.0 Å². The molecule has 0 N–H and O–H groups in total. The number of Topliss-reactive ketones (excluding diaryl/α,β-unsaturated/α-hetero) is 1. The fourth-order valence-electron chi connectivity index (χ4n) is 2.69. The number of ketones is 1. The number of unbranched alkanes of at least 4 members (excludes halogenated alkanes) is 1. The molecule has 1 amide bonds. The van der Waals surface area contributed by atoms with E-state index in [0.717, 1.165) is 23.7 Å². The molecule has 0 atom stereocenters. The summed E-state index contributed by atoms with van der Waals surface area (Å²) in [5, 5.41) is 5.24. The van der Waals surface area contributed by atoms with E-state index >= 15 is 0 Å². The molecule has 0 fully saturated rings. The van der Waals surface area contributed by atoms with Gasteiger partial charge in [0.05, 0.1) is 12.6 Å². The quantitative estimate of drug-likeness (QED) is 0.710. The van der Waals surface area contributed by atoms with Gasteiger partial charge >= 0.3 is 0 Å². The first-order valence-corrected chi connectivity index (χ1v) is 9.02. The molecule has 1 aromatic heterocycles. The van der Waals surface area contributed by atoms with E-state index in [2.05, 4.69) is 12.0 Å². The number of amides is 1. The fourth-order valence-corrected chi connectivity index (χ4v) is 2.69. The van der Waals surface area contributed by atoms with Crippen LogP contribution in [0.4, 0.5) is 0 Å². The number of likely N-dealkylation sites (N-methyl/N-ethyl adjacent to an activating group) is 1. The van der Waals surface area contributed by atoms with Crippen molar-refractivity contribution in [3.05, 3.63) is 23.9 Å². The first-order valence-electron chi connectivity index (χ1n) is 9.02. The molecule has 0 aliphatic carbocycles. The number of carbonyl (C=O) groups excluding carboxylic acids is 2. The standard InChI is InChI=1S/C20H29N3O3/c1-7-8-11-22(5)17(24)13-23-16-12-14(26-6)9-10-15(16)18(21-23)19(25)20(2,3)4/h9-10,12H,7-8,11,13H2,1-6H3. The third-order valence-corrected chi connectivity index (χ3v) is 4.41. The SMILES string of the molecule is CCCCN(C)C(=O)Cn1nc(C(=O)C(C)(C)C)c2ccc(OC)cc21. The van der Waals surface area contributed by atoms with Gasteiger partial charge in [0.15, 0.2) is 5.78 Å². The van der Waals surface area contributed by atoms with Crippen LogP contribution in [0.15, 0.2) is 18.2 Å². The van der Waals surface area contributed by atoms with Crippen molar-refractivity contribution in [2.24, 2.45) is 5.41 Å². The molecular formula is C20H29N3O3. The summed E-state index contributed by atoms with van der Waals surface area (Å²) in [6.45, 7) is 8.51. The summed E-state index contributed by atoms with van der Waals surface area (Å²) in [6.07, 6.45) is 1.99. The van der Waals surface area contributed by atoms with Crippen LogP contribution in [0, 0.1) is 5.41 Å². The fraction of sp³-hybridized carbons (Fsp3) is 0.550. The molecule has 2 aromatic rings. The summed E-state index contributed by atoms with van der Waals surface area (Å²) in [4.78, 5) is 27.1. The van der Waals surface area contributed by atoms with Gasteiger partial charge in [-0.1, -0.05) is 34.1 Å². The minimum atomic E-state index is -0.548. The zero-order chi connectivity index (χ0) is 19.5. The van der Waals surface area contributed by atoms with Gasteiger partial charge in [-0.2, -0.15) is 5.10 Å². The van der Waals surface area contributed by atoms with E-state index in [9.17, 15) is 9.59 Å². The molecule has 0 aliphatic rings. The predicted octanol–water partition coefficient (Wildman–Crippen LogP) is 3.53. The largest absolute Gasteiger partial charge is 0.497 e. The monoisotopic (exact) mass is 359 g/mol. The van der Waals surface area contributed by atoms with Crippen LogP contribution in [0.1, 0.15) is 51.0 Å². The molecule has 0 spiro atoms. The van der Waals surface area contributed by atoms with Crippen molar-refractivity contribution in [1.29, 1.82) is 0 Å². The topological polar surface area (TPSA) is 64.4 Å². The molecule has 6 nitrogen and oxygen atoms in total. The number of carbonyl (C=O) groups is 2. The van der Waals surface area contributed by atoms with Crippen LogP contribution in [0.5, 0.6) is 5.75 Å². The number of benzene rings is 1. The Morgan fingerprint density at radius 1 is 1.27 bits per heavy atom. The minimum absolute atomic E-state index is 0.0274. The van der Waals surface area contributed by atoms with Crippen LogP contribution in [0.3, 0.4) is 0 Å². The summed E-state index contributed by atoms with van der Waals surface area (Å²) < 4.78 is 6.91. The lowest BCUT2D eigenvalue weighted by Crippen LogP contribution is -2.31. The third-order valence-electron chi connectivity index (χ3n) is 4.41. The van der Waals surface area contributed by atoms with Gasteiger partial charge in [-0.15, -0.1) is 0 Å². The van der Waals surface area contributed by atoms with Crippen molar-refractivity contribution in [3.8, 4) is 5.75 Å². The highest BCUT2D eigenvalue weighted by Crippen LogP contribution is 2.28. The van der Waals surface area contributed by atoms with Crippen LogP contribution in [-0.2, 0) is 11.3 Å². The Labute approximate surface area is 155 Å². The van der Waals surface area contributed by atoms with Crippen molar-refractivity contribution in [3.63, 3.8) is 0 Å². The smallest absolute Gasteiger partial charge is 0.244 e. The zero-order valence-corrected chi connectivity index (χ0v) is 16.6. The Balaban J connectivity index is 2.45. The van der Waals surface area contributed by atoms with Gasteiger partial charge in [0, 0.05) is 30.5 Å². The summed E-state index contributed by atoms with van der Waals surface area (Å²) >= 11 is 0. The molecule has 0 bridgehead atoms. The van der Waals surface area contributed by atoms with Gasteiger partial charge < -0.3 is 9.64 Å². The maximum Gasteiger partial charge on any atom is 0.244 e. The summed E-state index contributed by atoms with van der Waals surface area (Å²) in [5.41, 5.74) is 0.585. The van der Waals surface area contributed by atoms with E-state index in [1.54, 1.807) is 23.7 Å². The maximum absolute atomic E-state index is 12.8. The van der Waals surface area contributed by atoms with Crippen LogP contribution in [-0.4, -0.2) is 47.1 Å². The Morgan fingerprint density at radius 2 is 1.96 bits per heavy atom. The summed E-state index contributed by atoms with van der Waals surface area (Å²) in [6, 6.07) is 5.46. The van der Waals surface area contributed by atoms with Gasteiger partial charge in [-0.3, -0.25) is 14.3 Å². The Morgan fingerprint density at radius 3 is 2.54 bits per heavy atom. The van der Waals surface area contributed by atoms with Crippen molar-refractivity contribution >= 4 is 22.6 Å². The summed E-state index contributed by atoms with van der Waals surface area (Å²) in [7, 11) is 3.39. The average molecular weight is 359 g/mol. The van der Waals surface area contributed by atoms with Crippen molar-refractivity contribution in [2.75, 3.05) is 20.7 Å². The summed E-state index contributed by atoms with van der Waals surface area (Å²) in [5.74, 6) is 0.596. The molecule has 2 rings (SSSR count). The van der Waals surface area contributed by atoms with Crippen LogP contribution in [0.2, 0.25) is 0 Å². The highest BCUT2D eigenvalue weighted by Gasteiger charge is 2.28. The Hall–Kier alpha value is -2.37. The number of fused-ring (bicyclic) bond motifs is 1. The van der Waals surface area contributed by atoms with Crippen molar-refractivity contribution in [2.45, 2.75) is 47.1 Å². The van der Waals surface area contributed by atoms with Gasteiger partial charge in [-0.05, 0) is 18.6 Å². The van der Waals surface area contributed by atoms with E-state index in [1.165, 1.54) is 0 Å². The Kier molecular flexibility index (Phi) is 6.05. The maximum atomic E-state index is 12.8. The molecule has 0 saturated carbocycles. The number of hydrogen-bond acceptors (Lipinski definition) is 4. The van der Waals surface area contributed by atoms with Gasteiger partial charge in [0.25, 0.3) is 0 Å². The first kappa shape index (κ1) is 19.9. The van der Waals surface area contributed by atoms with Crippen LogP contribution in [0.25, 0.3) is 10.9 Å². The molecule has 0 aliphatic heterocycles. The van der Waals surface area contributed by atoms with Crippen molar-refractivity contribution < 1.29 is 14.3 Å². The molecule has 1 heterocycles. The van der Waals surface area contributed by atoms with E-state index in [-0.39, 0.29) is 18.2 Å². The number of aromatic nitrogens is 2. The van der Waals surface area contributed by atoms with Crippen LogP contribution < -0.4 is 4.74 Å². The molecule has 26 heavy (non-hydrogen) atoms. The molecule has 0 saturated heterocycles. The molecule has 1 aromatic carbocycles. The zero-order valence-electron chi connectivity index (χ0n) is 16.6. The van der Waals surface area contributed by atoms with Gasteiger partial charge in [0.1, 0.15) is 18.0 Å². The molecule has 6 heteroatoms. The third kappa shape index (κ3) is 4.23. The number of rotatable bonds is 7. The second-order valence-corrected chi connectivity index (χ2v) is 7.64. The molecule has 0 radical (unpaired) electrons. The first-order chi connectivity index (χ1) is 12.2. The van der Waals surface area contributed by atoms with Crippen molar-refractivity contribution in [1.82, 2.24) is 14.7 Å². The average Bonchev–Trinajstić information content (AvgIpc) is 2.95. The van der Waals surface area contributed by atoms with Gasteiger partial charge in [0.2, 0.25) is 5.91 Å². The second-order valence-electron chi connectivity index (χ2n) is 7.64. The highest BCUT2D eigenvalue weighted by molar-refractivity contribution is 6.08. The van der Waals surface area contributed by atoms with E-state index in [1.807, 2.05) is 39.0 Å². The van der Waals surface area contributed by atoms with Gasteiger partial charge in [-0.25, -0.2) is 0 Å². The number of ether oxygens (including phenoxy) is 1. The number of methoxy groups -OCH3 is 1. The number of hydrogen-bond donors (Lipinski definition) is 0. The predicted molar refractivity (Wildman–Crippen MR) is 103 cm³/mol. The van der Waals surface area contributed by atoms with E-state index in [4.69, 9.17) is 4.74 Å². The molecular weight excluding hydrogens is 330 g/mol.